The van der Waals surface area contributed by atoms with Crippen molar-refractivity contribution in [1.29, 1.82) is 5.41 Å². The topological polar surface area (TPSA) is 74.1 Å². The Labute approximate surface area is 267 Å². The Balaban J connectivity index is 1.57. The first-order valence-electron chi connectivity index (χ1n) is 15.5. The summed E-state index contributed by atoms with van der Waals surface area (Å²) in [5.74, 6) is 0.629. The van der Waals surface area contributed by atoms with Gasteiger partial charge in [-0.15, -0.1) is 0 Å². The van der Waals surface area contributed by atoms with Crippen molar-refractivity contribution in [3.8, 4) is 5.75 Å². The molecule has 1 unspecified atom stereocenters. The fraction of sp³-hybridized carbons (Fsp3) is 0.457. The average molecular weight is 623 g/mol. The van der Waals surface area contributed by atoms with Crippen molar-refractivity contribution in [3.63, 3.8) is 0 Å². The van der Waals surface area contributed by atoms with Gasteiger partial charge in [-0.1, -0.05) is 61.9 Å². The van der Waals surface area contributed by atoms with Crippen LogP contribution in [0, 0.1) is 5.41 Å². The Morgan fingerprint density at radius 1 is 1.05 bits per heavy atom. The molecule has 1 aliphatic rings. The van der Waals surface area contributed by atoms with Gasteiger partial charge >= 0.3 is 0 Å². The maximum absolute atomic E-state index is 9.10. The van der Waals surface area contributed by atoms with Crippen LogP contribution in [0.15, 0.2) is 55.1 Å². The number of hydrogen-bond acceptors (Lipinski definition) is 6. The molecule has 1 saturated heterocycles. The van der Waals surface area contributed by atoms with Gasteiger partial charge in [0.15, 0.2) is 0 Å². The van der Waals surface area contributed by atoms with E-state index in [-0.39, 0.29) is 5.54 Å². The number of anilines is 1. The first kappa shape index (κ1) is 33.0. The molecule has 0 amide bonds. The number of nitrogens with zero attached hydrogens (tertiary/aromatic N) is 3. The highest BCUT2D eigenvalue weighted by atomic mass is 35.5. The summed E-state index contributed by atoms with van der Waals surface area (Å²) in [4.78, 5) is 11.0. The van der Waals surface area contributed by atoms with E-state index in [1.165, 1.54) is 37.7 Å². The Hall–Kier alpha value is -2.93. The van der Waals surface area contributed by atoms with Gasteiger partial charge in [0.2, 0.25) is 0 Å². The van der Waals surface area contributed by atoms with Crippen LogP contribution in [0.2, 0.25) is 10.0 Å². The molecule has 1 aliphatic heterocycles. The van der Waals surface area contributed by atoms with Gasteiger partial charge in [-0.2, -0.15) is 0 Å². The molecule has 1 aromatic carbocycles. The minimum absolute atomic E-state index is 0.131. The summed E-state index contributed by atoms with van der Waals surface area (Å²) in [6.45, 7) is 11.8. The Bertz CT molecular complexity index is 1380. The number of unbranched alkanes of at least 4 members (excludes halogenated alkanes) is 2. The molecule has 1 atom stereocenters. The Kier molecular flexibility index (Phi) is 12.0. The van der Waals surface area contributed by atoms with Crippen LogP contribution in [0.3, 0.4) is 0 Å². The molecule has 8 heteroatoms. The largest absolute Gasteiger partial charge is 0.486 e. The van der Waals surface area contributed by atoms with E-state index in [1.54, 1.807) is 12.4 Å². The van der Waals surface area contributed by atoms with E-state index < -0.39 is 6.10 Å². The Morgan fingerprint density at radius 3 is 2.49 bits per heavy atom. The van der Waals surface area contributed by atoms with Gasteiger partial charge < -0.3 is 15.5 Å². The number of rotatable bonds is 14. The zero-order valence-corrected chi connectivity index (χ0v) is 27.4. The molecule has 0 saturated carbocycles. The van der Waals surface area contributed by atoms with Crippen LogP contribution in [0.1, 0.15) is 101 Å². The molecule has 43 heavy (non-hydrogen) atoms. The van der Waals surface area contributed by atoms with E-state index in [4.69, 9.17) is 33.3 Å². The summed E-state index contributed by atoms with van der Waals surface area (Å²) in [6, 6.07) is 8.02. The van der Waals surface area contributed by atoms with E-state index >= 15 is 0 Å². The lowest BCUT2D eigenvalue weighted by Gasteiger charge is -2.29. The van der Waals surface area contributed by atoms with Crippen molar-refractivity contribution in [1.82, 2.24) is 14.9 Å². The van der Waals surface area contributed by atoms with Crippen molar-refractivity contribution in [2.45, 2.75) is 90.8 Å². The quantitative estimate of drug-likeness (QED) is 0.138. The molecule has 2 N–H and O–H groups in total. The first-order chi connectivity index (χ1) is 20.6. The molecule has 2 aromatic heterocycles. The predicted octanol–water partition coefficient (Wildman–Crippen LogP) is 9.76. The molecule has 6 nitrogen and oxygen atoms in total. The second kappa shape index (κ2) is 15.7. The van der Waals surface area contributed by atoms with Gasteiger partial charge in [-0.25, -0.2) is 0 Å². The summed E-state index contributed by atoms with van der Waals surface area (Å²) >= 11 is 12.8. The summed E-state index contributed by atoms with van der Waals surface area (Å²) in [7, 11) is 0. The third-order valence-corrected chi connectivity index (χ3v) is 8.49. The number of likely N-dealkylation sites (tertiary alicyclic amines) is 1. The van der Waals surface area contributed by atoms with E-state index in [2.05, 4.69) is 47.0 Å². The molecule has 230 valence electrons. The fourth-order valence-corrected chi connectivity index (χ4v) is 6.25. The maximum atomic E-state index is 9.10. The average Bonchev–Trinajstić information content (AvgIpc) is 2.97. The van der Waals surface area contributed by atoms with Gasteiger partial charge in [-0.05, 0) is 94.6 Å². The molecular weight excluding hydrogens is 577 g/mol. The van der Waals surface area contributed by atoms with Crippen LogP contribution >= 0.6 is 23.2 Å². The number of pyridine rings is 2. The molecular formula is C35H45Cl2N5O. The summed E-state index contributed by atoms with van der Waals surface area (Å²) < 4.78 is 6.31. The number of hydrogen-bond donors (Lipinski definition) is 2. The number of ether oxygens (including phenoxy) is 1. The molecule has 0 radical (unpaired) electrons. The minimum atomic E-state index is -0.404. The van der Waals surface area contributed by atoms with E-state index in [0.29, 0.717) is 27.1 Å². The van der Waals surface area contributed by atoms with Crippen LogP contribution in [0.5, 0.6) is 5.75 Å². The van der Waals surface area contributed by atoms with Gasteiger partial charge in [-0.3, -0.25) is 14.9 Å². The molecule has 0 aliphatic carbocycles. The van der Waals surface area contributed by atoms with Crippen LogP contribution in [-0.2, 0) is 6.54 Å². The molecule has 1 fully saturated rings. The molecule has 0 spiro atoms. The predicted molar refractivity (Wildman–Crippen MR) is 181 cm³/mol. The van der Waals surface area contributed by atoms with Gasteiger partial charge in [0, 0.05) is 53.7 Å². The number of nitrogens with one attached hydrogen (secondary N) is 2. The van der Waals surface area contributed by atoms with E-state index in [0.717, 1.165) is 49.3 Å². The molecule has 4 rings (SSSR count). The highest BCUT2D eigenvalue weighted by Gasteiger charge is 2.21. The fourth-order valence-electron chi connectivity index (χ4n) is 5.58. The number of aromatic nitrogens is 2. The third kappa shape index (κ3) is 9.79. The SMILES string of the molecule is CCCCCC(C)(C)Nc1ccc(OC(C)c2c(Cl)cncc2Cl)cc1C(=N)/C=C/c1cncc(CN2CCCCC2)c1. The zero-order valence-electron chi connectivity index (χ0n) is 25.9. The van der Waals surface area contributed by atoms with Crippen LogP contribution in [0.4, 0.5) is 5.69 Å². The lowest BCUT2D eigenvalue weighted by atomic mass is 9.95. The number of piperidine rings is 1. The first-order valence-corrected chi connectivity index (χ1v) is 16.2. The highest BCUT2D eigenvalue weighted by Crippen LogP contribution is 2.34. The normalized spacial score (nSPS) is 15.0. The minimum Gasteiger partial charge on any atom is -0.486 e. The van der Waals surface area contributed by atoms with Crippen LogP contribution < -0.4 is 10.1 Å². The lowest BCUT2D eigenvalue weighted by Crippen LogP contribution is -2.31. The number of benzene rings is 1. The summed E-state index contributed by atoms with van der Waals surface area (Å²) in [5, 5.41) is 13.7. The Morgan fingerprint density at radius 2 is 1.77 bits per heavy atom. The lowest BCUT2D eigenvalue weighted by molar-refractivity contribution is 0.220. The van der Waals surface area contributed by atoms with Crippen LogP contribution in [0.25, 0.3) is 6.08 Å². The monoisotopic (exact) mass is 621 g/mol. The molecule has 3 aromatic rings. The number of allylic oxidation sites excluding steroid dienone is 1. The molecule has 3 heterocycles. The maximum Gasteiger partial charge on any atom is 0.124 e. The van der Waals surface area contributed by atoms with Gasteiger partial charge in [0.1, 0.15) is 11.9 Å². The van der Waals surface area contributed by atoms with E-state index in [1.807, 2.05) is 49.7 Å². The van der Waals surface area contributed by atoms with Gasteiger partial charge in [0.25, 0.3) is 0 Å². The summed E-state index contributed by atoms with van der Waals surface area (Å²) in [5.41, 5.74) is 4.77. The third-order valence-electron chi connectivity index (χ3n) is 7.88. The van der Waals surface area contributed by atoms with Crippen molar-refractivity contribution in [2.75, 3.05) is 18.4 Å². The smallest absolute Gasteiger partial charge is 0.124 e. The number of halogens is 2. The van der Waals surface area contributed by atoms with Crippen LogP contribution in [-0.4, -0.2) is 39.2 Å². The van der Waals surface area contributed by atoms with Crippen molar-refractivity contribution < 1.29 is 4.74 Å². The second-order valence-corrected chi connectivity index (χ2v) is 13.0. The van der Waals surface area contributed by atoms with Crippen molar-refractivity contribution >= 4 is 40.7 Å². The summed E-state index contributed by atoms with van der Waals surface area (Å²) in [6.07, 6.45) is 18.8. The highest BCUT2D eigenvalue weighted by molar-refractivity contribution is 6.35. The van der Waals surface area contributed by atoms with Crippen molar-refractivity contribution in [2.24, 2.45) is 0 Å². The zero-order chi connectivity index (χ0) is 30.8. The van der Waals surface area contributed by atoms with E-state index in [9.17, 15) is 0 Å². The molecule has 0 bridgehead atoms. The van der Waals surface area contributed by atoms with Gasteiger partial charge in [0.05, 0.1) is 15.8 Å². The second-order valence-electron chi connectivity index (χ2n) is 12.2. The standard InChI is InChI=1S/C35H45Cl2N5O/c1-5-6-8-15-35(3,4)41-33-14-12-28(43-25(2)34-30(36)22-40-23-31(34)37)19-29(33)32(38)13-11-26-18-27(21-39-20-26)24-42-16-9-7-10-17-42/h11-14,18-23,25,38,41H,5-10,15-17,24H2,1-4H3/b13-11+,38-32?. The van der Waals surface area contributed by atoms with Crippen molar-refractivity contribution in [3.05, 3.63) is 87.4 Å².